The van der Waals surface area contributed by atoms with Crippen LogP contribution in [-0.2, 0) is 14.3 Å². The highest BCUT2D eigenvalue weighted by atomic mass is 35.5. The van der Waals surface area contributed by atoms with Gasteiger partial charge < -0.3 is 14.7 Å². The number of aliphatic hydroxyl groups excluding tert-OH is 1. The SMILES string of the molecule is CC(C)OCCCN1C(=O)C(=O)C(=C(O)c2ccc(Cl)cc2)[C@H]1c1ccc(C(C)C)cc1. The molecule has 0 aliphatic carbocycles. The van der Waals surface area contributed by atoms with Gasteiger partial charge in [0.1, 0.15) is 5.76 Å². The zero-order valence-corrected chi connectivity index (χ0v) is 19.7. The van der Waals surface area contributed by atoms with E-state index in [1.54, 1.807) is 24.3 Å². The fourth-order valence-corrected chi connectivity index (χ4v) is 3.96. The highest BCUT2D eigenvalue weighted by Gasteiger charge is 2.45. The number of aliphatic hydroxyl groups is 1. The van der Waals surface area contributed by atoms with Crippen molar-refractivity contribution in [3.8, 4) is 0 Å². The molecule has 1 saturated heterocycles. The Morgan fingerprint density at radius 3 is 2.22 bits per heavy atom. The molecule has 32 heavy (non-hydrogen) atoms. The molecule has 6 heteroatoms. The smallest absolute Gasteiger partial charge is 0.295 e. The van der Waals surface area contributed by atoms with Crippen LogP contribution in [0.2, 0.25) is 5.02 Å². The van der Waals surface area contributed by atoms with E-state index in [-0.39, 0.29) is 17.4 Å². The summed E-state index contributed by atoms with van der Waals surface area (Å²) in [5.41, 5.74) is 2.49. The Morgan fingerprint density at radius 2 is 1.66 bits per heavy atom. The van der Waals surface area contributed by atoms with Crippen LogP contribution in [0.15, 0.2) is 54.1 Å². The van der Waals surface area contributed by atoms with Crippen molar-refractivity contribution in [3.05, 3.63) is 75.8 Å². The summed E-state index contributed by atoms with van der Waals surface area (Å²) in [6, 6.07) is 13.8. The molecule has 1 aliphatic heterocycles. The summed E-state index contributed by atoms with van der Waals surface area (Å²) in [5.74, 6) is -1.13. The molecule has 1 amide bonds. The summed E-state index contributed by atoms with van der Waals surface area (Å²) < 4.78 is 5.60. The van der Waals surface area contributed by atoms with Crippen LogP contribution in [0.25, 0.3) is 5.76 Å². The van der Waals surface area contributed by atoms with Crippen molar-refractivity contribution in [1.29, 1.82) is 0 Å². The summed E-state index contributed by atoms with van der Waals surface area (Å²) in [4.78, 5) is 27.5. The van der Waals surface area contributed by atoms with Crippen LogP contribution < -0.4 is 0 Å². The lowest BCUT2D eigenvalue weighted by atomic mass is 9.93. The van der Waals surface area contributed by atoms with Gasteiger partial charge in [0, 0.05) is 23.7 Å². The van der Waals surface area contributed by atoms with E-state index in [0.29, 0.717) is 36.1 Å². The molecule has 0 bridgehead atoms. The number of ether oxygens (including phenoxy) is 1. The average molecular weight is 456 g/mol. The van der Waals surface area contributed by atoms with Gasteiger partial charge in [-0.15, -0.1) is 0 Å². The molecular weight excluding hydrogens is 426 g/mol. The Labute approximate surface area is 194 Å². The van der Waals surface area contributed by atoms with Gasteiger partial charge in [-0.3, -0.25) is 9.59 Å². The number of hydrogen-bond acceptors (Lipinski definition) is 4. The third-order valence-corrected chi connectivity index (χ3v) is 5.82. The Bertz CT molecular complexity index is 993. The van der Waals surface area contributed by atoms with Crippen LogP contribution in [0.5, 0.6) is 0 Å². The summed E-state index contributed by atoms with van der Waals surface area (Å²) in [5, 5.41) is 11.6. The van der Waals surface area contributed by atoms with Crippen molar-refractivity contribution in [3.63, 3.8) is 0 Å². The molecule has 0 radical (unpaired) electrons. The van der Waals surface area contributed by atoms with Crippen LogP contribution in [-0.4, -0.2) is 41.0 Å². The van der Waals surface area contributed by atoms with Gasteiger partial charge in [0.15, 0.2) is 0 Å². The summed E-state index contributed by atoms with van der Waals surface area (Å²) in [6.45, 7) is 8.96. The van der Waals surface area contributed by atoms with Crippen LogP contribution in [0, 0.1) is 0 Å². The van der Waals surface area contributed by atoms with E-state index in [0.717, 1.165) is 11.1 Å². The molecule has 0 spiro atoms. The van der Waals surface area contributed by atoms with Gasteiger partial charge in [-0.25, -0.2) is 0 Å². The Morgan fingerprint density at radius 1 is 1.03 bits per heavy atom. The van der Waals surface area contributed by atoms with E-state index in [2.05, 4.69) is 13.8 Å². The normalized spacial score (nSPS) is 18.2. The average Bonchev–Trinajstić information content (AvgIpc) is 3.01. The quantitative estimate of drug-likeness (QED) is 0.240. The number of likely N-dealkylation sites (tertiary alicyclic amines) is 1. The highest BCUT2D eigenvalue weighted by Crippen LogP contribution is 2.39. The minimum atomic E-state index is -0.680. The van der Waals surface area contributed by atoms with Gasteiger partial charge in [-0.2, -0.15) is 0 Å². The number of ketones is 1. The van der Waals surface area contributed by atoms with E-state index in [1.165, 1.54) is 4.90 Å². The predicted molar refractivity (Wildman–Crippen MR) is 127 cm³/mol. The molecule has 0 unspecified atom stereocenters. The van der Waals surface area contributed by atoms with E-state index in [9.17, 15) is 14.7 Å². The summed E-state index contributed by atoms with van der Waals surface area (Å²) in [7, 11) is 0. The summed E-state index contributed by atoms with van der Waals surface area (Å²) >= 11 is 5.97. The van der Waals surface area contributed by atoms with Crippen molar-refractivity contribution in [2.75, 3.05) is 13.2 Å². The zero-order valence-electron chi connectivity index (χ0n) is 19.0. The van der Waals surface area contributed by atoms with E-state index >= 15 is 0 Å². The fourth-order valence-electron chi connectivity index (χ4n) is 3.84. The Hall–Kier alpha value is -2.63. The standard InChI is InChI=1S/C26H30ClNO4/c1-16(2)18-6-8-19(9-7-18)23-22(24(29)20-10-12-21(27)13-11-20)25(30)26(31)28(23)14-5-15-32-17(3)4/h6-13,16-17,23,29H,5,14-15H2,1-4H3/t23-/m1/s1. The van der Waals surface area contributed by atoms with Crippen molar-refractivity contribution in [2.24, 2.45) is 0 Å². The molecule has 3 rings (SSSR count). The van der Waals surface area contributed by atoms with E-state index < -0.39 is 17.7 Å². The van der Waals surface area contributed by atoms with E-state index in [1.807, 2.05) is 38.1 Å². The van der Waals surface area contributed by atoms with Crippen LogP contribution >= 0.6 is 11.6 Å². The highest BCUT2D eigenvalue weighted by molar-refractivity contribution is 6.46. The number of hydrogen-bond donors (Lipinski definition) is 1. The maximum atomic E-state index is 13.0. The molecule has 5 nitrogen and oxygen atoms in total. The monoisotopic (exact) mass is 455 g/mol. The Balaban J connectivity index is 2.03. The first-order chi connectivity index (χ1) is 15.2. The molecule has 1 N–H and O–H groups in total. The number of benzene rings is 2. The molecule has 1 aliphatic rings. The molecule has 1 heterocycles. The summed E-state index contributed by atoms with van der Waals surface area (Å²) in [6.07, 6.45) is 0.682. The largest absolute Gasteiger partial charge is 0.507 e. The number of nitrogens with zero attached hydrogens (tertiary/aromatic N) is 1. The minimum absolute atomic E-state index is 0.0923. The van der Waals surface area contributed by atoms with Gasteiger partial charge in [0.2, 0.25) is 0 Å². The molecule has 2 aromatic carbocycles. The van der Waals surface area contributed by atoms with Crippen molar-refractivity contribution in [1.82, 2.24) is 4.90 Å². The lowest BCUT2D eigenvalue weighted by Gasteiger charge is -2.26. The topological polar surface area (TPSA) is 66.8 Å². The predicted octanol–water partition coefficient (Wildman–Crippen LogP) is 5.70. The van der Waals surface area contributed by atoms with Gasteiger partial charge in [-0.05, 0) is 61.6 Å². The number of carbonyl (C=O) groups is 2. The Kier molecular flexibility index (Phi) is 7.75. The minimum Gasteiger partial charge on any atom is -0.507 e. The number of amides is 1. The third-order valence-electron chi connectivity index (χ3n) is 5.57. The number of halogens is 1. The lowest BCUT2D eigenvalue weighted by Crippen LogP contribution is -2.31. The third kappa shape index (κ3) is 5.22. The zero-order chi connectivity index (χ0) is 23.4. The van der Waals surface area contributed by atoms with Crippen LogP contribution in [0.3, 0.4) is 0 Å². The fraction of sp³-hybridized carbons (Fsp3) is 0.385. The van der Waals surface area contributed by atoms with E-state index in [4.69, 9.17) is 16.3 Å². The second-order valence-electron chi connectivity index (χ2n) is 8.59. The van der Waals surface area contributed by atoms with Gasteiger partial charge in [0.25, 0.3) is 11.7 Å². The van der Waals surface area contributed by atoms with Crippen molar-refractivity contribution >= 4 is 29.1 Å². The molecule has 0 saturated carbocycles. The molecule has 1 atom stereocenters. The molecule has 1 fully saturated rings. The number of Topliss-reactive ketones (excluding diaryl/α,β-unsaturated/α-hetero) is 1. The molecule has 170 valence electrons. The number of carbonyl (C=O) groups excluding carboxylic acids is 2. The first-order valence-electron chi connectivity index (χ1n) is 11.0. The lowest BCUT2D eigenvalue weighted by molar-refractivity contribution is -0.140. The molecule has 2 aromatic rings. The molecule has 0 aromatic heterocycles. The molecular formula is C26H30ClNO4. The maximum absolute atomic E-state index is 13.0. The van der Waals surface area contributed by atoms with Gasteiger partial charge in [-0.1, -0.05) is 49.7 Å². The second kappa shape index (κ2) is 10.3. The first kappa shape index (κ1) is 24.0. The van der Waals surface area contributed by atoms with Crippen LogP contribution in [0.4, 0.5) is 0 Å². The maximum Gasteiger partial charge on any atom is 0.295 e. The van der Waals surface area contributed by atoms with Crippen molar-refractivity contribution < 1.29 is 19.4 Å². The first-order valence-corrected chi connectivity index (χ1v) is 11.3. The second-order valence-corrected chi connectivity index (χ2v) is 9.03. The van der Waals surface area contributed by atoms with Crippen LogP contribution in [0.1, 0.15) is 62.8 Å². The van der Waals surface area contributed by atoms with Crippen molar-refractivity contribution in [2.45, 2.75) is 52.2 Å². The number of rotatable bonds is 8. The van der Waals surface area contributed by atoms with Gasteiger partial charge >= 0.3 is 0 Å². The van der Waals surface area contributed by atoms with Gasteiger partial charge in [0.05, 0.1) is 17.7 Å².